The molecule has 1 heterocycles. The molecule has 0 fully saturated rings. The van der Waals surface area contributed by atoms with E-state index in [0.717, 1.165) is 0 Å². The van der Waals surface area contributed by atoms with E-state index in [0.29, 0.717) is 12.1 Å². The molecule has 1 atom stereocenters. The summed E-state index contributed by atoms with van der Waals surface area (Å²) in [4.78, 5) is 21.1. The molecule has 1 unspecified atom stereocenters. The van der Waals surface area contributed by atoms with Crippen LogP contribution in [0, 0.1) is 17.0 Å². The quantitative estimate of drug-likeness (QED) is 0.444. The van der Waals surface area contributed by atoms with Gasteiger partial charge in [-0.25, -0.2) is 0 Å². The van der Waals surface area contributed by atoms with Gasteiger partial charge >= 0.3 is 11.7 Å². The first-order chi connectivity index (χ1) is 7.97. The first kappa shape index (κ1) is 13.1. The van der Waals surface area contributed by atoms with E-state index in [1.807, 2.05) is 0 Å². The average molecular weight is 241 g/mol. The topological polar surface area (TPSA) is 87.3 Å². The normalized spacial score (nSPS) is 12.2. The number of aromatic nitrogens is 2. The molecular formula is C10H15N3O4. The summed E-state index contributed by atoms with van der Waals surface area (Å²) in [6.45, 7) is 5.26. The highest BCUT2D eigenvalue weighted by Crippen LogP contribution is 2.19. The highest BCUT2D eigenvalue weighted by Gasteiger charge is 2.20. The van der Waals surface area contributed by atoms with Crippen molar-refractivity contribution >= 4 is 11.7 Å². The summed E-state index contributed by atoms with van der Waals surface area (Å²) in [6, 6.07) is -0.223. The Morgan fingerprint density at radius 2 is 2.35 bits per heavy atom. The van der Waals surface area contributed by atoms with Gasteiger partial charge in [-0.15, -0.1) is 0 Å². The lowest BCUT2D eigenvalue weighted by Gasteiger charge is -2.13. The molecule has 0 radical (unpaired) electrons. The molecule has 1 aromatic rings. The zero-order chi connectivity index (χ0) is 13.0. The Kier molecular flexibility index (Phi) is 4.19. The minimum Gasteiger partial charge on any atom is -0.463 e. The maximum Gasteiger partial charge on any atom is 0.309 e. The second kappa shape index (κ2) is 5.42. The van der Waals surface area contributed by atoms with Crippen molar-refractivity contribution in [3.8, 4) is 0 Å². The van der Waals surface area contributed by atoms with Gasteiger partial charge in [0.05, 0.1) is 11.0 Å². The predicted octanol–water partition coefficient (Wildman–Crippen LogP) is 1.61. The first-order valence-electron chi connectivity index (χ1n) is 5.31. The van der Waals surface area contributed by atoms with Crippen LogP contribution in [0.25, 0.3) is 0 Å². The largest absolute Gasteiger partial charge is 0.463 e. The van der Waals surface area contributed by atoms with Crippen molar-refractivity contribution in [2.75, 3.05) is 6.61 Å². The molecule has 1 aromatic heterocycles. The number of carbonyl (C=O) groups excluding carboxylic acids is 1. The standard InChI is InChI=1S/C10H15N3O4/c1-4-10(14)17-6-7(2)12-8(3)9(5-11-12)13(15)16/h5,7H,4,6H2,1-3H3. The molecule has 0 saturated heterocycles. The molecule has 0 spiro atoms. The third-order valence-electron chi connectivity index (χ3n) is 2.41. The maximum atomic E-state index is 11.0. The van der Waals surface area contributed by atoms with Crippen LogP contribution in [-0.4, -0.2) is 27.3 Å². The van der Waals surface area contributed by atoms with E-state index in [1.54, 1.807) is 20.8 Å². The van der Waals surface area contributed by atoms with Gasteiger partial charge < -0.3 is 4.74 Å². The van der Waals surface area contributed by atoms with Crippen molar-refractivity contribution in [3.63, 3.8) is 0 Å². The van der Waals surface area contributed by atoms with Crippen molar-refractivity contribution < 1.29 is 14.5 Å². The maximum absolute atomic E-state index is 11.0. The second-order valence-corrected chi connectivity index (χ2v) is 3.70. The zero-order valence-corrected chi connectivity index (χ0v) is 10.0. The Balaban J connectivity index is 2.72. The summed E-state index contributed by atoms with van der Waals surface area (Å²) in [5, 5.41) is 14.6. The van der Waals surface area contributed by atoms with E-state index in [9.17, 15) is 14.9 Å². The SMILES string of the molecule is CCC(=O)OCC(C)n1ncc([N+](=O)[O-])c1C. The van der Waals surface area contributed by atoms with Gasteiger partial charge in [0.25, 0.3) is 0 Å². The zero-order valence-electron chi connectivity index (χ0n) is 10.0. The molecule has 17 heavy (non-hydrogen) atoms. The number of hydrogen-bond acceptors (Lipinski definition) is 5. The molecule has 0 saturated carbocycles. The molecule has 0 aliphatic carbocycles. The number of nitro groups is 1. The average Bonchev–Trinajstić information content (AvgIpc) is 2.67. The fourth-order valence-electron chi connectivity index (χ4n) is 1.42. The second-order valence-electron chi connectivity index (χ2n) is 3.70. The number of carbonyl (C=O) groups is 1. The fourth-order valence-corrected chi connectivity index (χ4v) is 1.42. The Morgan fingerprint density at radius 3 is 2.82 bits per heavy atom. The molecule has 1 rings (SSSR count). The molecule has 0 aliphatic rings. The van der Waals surface area contributed by atoms with Gasteiger partial charge in [0.15, 0.2) is 0 Å². The number of nitrogens with zero attached hydrogens (tertiary/aromatic N) is 3. The summed E-state index contributed by atoms with van der Waals surface area (Å²) < 4.78 is 6.45. The Morgan fingerprint density at radius 1 is 1.71 bits per heavy atom. The van der Waals surface area contributed by atoms with E-state index in [4.69, 9.17) is 4.74 Å². The van der Waals surface area contributed by atoms with Crippen LogP contribution in [0.3, 0.4) is 0 Å². The molecule has 0 aromatic carbocycles. The minimum atomic E-state index is -0.483. The molecular weight excluding hydrogens is 226 g/mol. The summed E-state index contributed by atoms with van der Waals surface area (Å²) in [6.07, 6.45) is 1.51. The Labute approximate surface area is 98.5 Å². The van der Waals surface area contributed by atoms with Gasteiger partial charge in [-0.2, -0.15) is 5.10 Å². The van der Waals surface area contributed by atoms with Crippen LogP contribution in [0.1, 0.15) is 32.0 Å². The van der Waals surface area contributed by atoms with Crippen molar-refractivity contribution in [2.24, 2.45) is 0 Å². The molecule has 0 aliphatic heterocycles. The summed E-state index contributed by atoms with van der Waals surface area (Å²) >= 11 is 0. The van der Waals surface area contributed by atoms with Crippen LogP contribution in [-0.2, 0) is 9.53 Å². The van der Waals surface area contributed by atoms with Gasteiger partial charge in [0.1, 0.15) is 18.5 Å². The number of esters is 1. The van der Waals surface area contributed by atoms with Crippen molar-refractivity contribution in [2.45, 2.75) is 33.2 Å². The number of hydrogen-bond donors (Lipinski definition) is 0. The minimum absolute atomic E-state index is 0.0290. The predicted molar refractivity (Wildman–Crippen MR) is 59.6 cm³/mol. The molecule has 7 heteroatoms. The highest BCUT2D eigenvalue weighted by molar-refractivity contribution is 5.68. The van der Waals surface area contributed by atoms with Crippen LogP contribution in [0.2, 0.25) is 0 Å². The van der Waals surface area contributed by atoms with Crippen LogP contribution < -0.4 is 0 Å². The van der Waals surface area contributed by atoms with Gasteiger partial charge in [-0.1, -0.05) is 6.92 Å². The van der Waals surface area contributed by atoms with E-state index in [-0.39, 0.29) is 24.3 Å². The summed E-state index contributed by atoms with van der Waals surface area (Å²) in [7, 11) is 0. The summed E-state index contributed by atoms with van der Waals surface area (Å²) in [5.41, 5.74) is 0.425. The first-order valence-corrected chi connectivity index (χ1v) is 5.31. The molecule has 7 nitrogen and oxygen atoms in total. The highest BCUT2D eigenvalue weighted by atomic mass is 16.6. The van der Waals surface area contributed by atoms with Crippen LogP contribution in [0.15, 0.2) is 6.20 Å². The molecule has 0 amide bonds. The Hall–Kier alpha value is -1.92. The van der Waals surface area contributed by atoms with E-state index in [2.05, 4.69) is 5.10 Å². The van der Waals surface area contributed by atoms with E-state index in [1.165, 1.54) is 10.9 Å². The van der Waals surface area contributed by atoms with Gasteiger partial charge in [0.2, 0.25) is 0 Å². The molecule has 94 valence electrons. The fraction of sp³-hybridized carbons (Fsp3) is 0.600. The molecule has 0 N–H and O–H groups in total. The number of ether oxygens (including phenoxy) is 1. The van der Waals surface area contributed by atoms with E-state index < -0.39 is 4.92 Å². The van der Waals surface area contributed by atoms with E-state index >= 15 is 0 Å². The lowest BCUT2D eigenvalue weighted by Crippen LogP contribution is -2.17. The third-order valence-corrected chi connectivity index (χ3v) is 2.41. The molecule has 0 bridgehead atoms. The van der Waals surface area contributed by atoms with Crippen LogP contribution in [0.4, 0.5) is 5.69 Å². The van der Waals surface area contributed by atoms with Crippen molar-refractivity contribution in [1.29, 1.82) is 0 Å². The Bertz CT molecular complexity index is 427. The van der Waals surface area contributed by atoms with Gasteiger partial charge in [-0.3, -0.25) is 19.6 Å². The lowest BCUT2D eigenvalue weighted by molar-refractivity contribution is -0.385. The van der Waals surface area contributed by atoms with Crippen LogP contribution in [0.5, 0.6) is 0 Å². The van der Waals surface area contributed by atoms with Gasteiger partial charge in [-0.05, 0) is 13.8 Å². The lowest BCUT2D eigenvalue weighted by atomic mass is 10.3. The smallest absolute Gasteiger partial charge is 0.309 e. The van der Waals surface area contributed by atoms with Gasteiger partial charge in [0, 0.05) is 6.42 Å². The third kappa shape index (κ3) is 3.02. The summed E-state index contributed by atoms with van der Waals surface area (Å²) in [5.74, 6) is -0.295. The van der Waals surface area contributed by atoms with Crippen molar-refractivity contribution in [3.05, 3.63) is 22.0 Å². The van der Waals surface area contributed by atoms with Crippen molar-refractivity contribution in [1.82, 2.24) is 9.78 Å². The number of rotatable bonds is 5. The van der Waals surface area contributed by atoms with Crippen LogP contribution >= 0.6 is 0 Å². The monoisotopic (exact) mass is 241 g/mol.